The van der Waals surface area contributed by atoms with Gasteiger partial charge in [0.15, 0.2) is 0 Å². The highest BCUT2D eigenvalue weighted by Gasteiger charge is 2.14. The summed E-state index contributed by atoms with van der Waals surface area (Å²) in [6.07, 6.45) is 1.60. The molecule has 0 aliphatic heterocycles. The Balaban J connectivity index is 1.99. The van der Waals surface area contributed by atoms with Crippen LogP contribution in [0.1, 0.15) is 29.1 Å². The maximum Gasteiger partial charge on any atom is 0.319 e. The van der Waals surface area contributed by atoms with E-state index in [1.807, 2.05) is 38.3 Å². The molecule has 2 aromatic rings. The molecule has 1 heterocycles. The van der Waals surface area contributed by atoms with E-state index in [-0.39, 0.29) is 11.9 Å². The zero-order chi connectivity index (χ0) is 17.0. The number of nitrogens with zero attached hydrogens (tertiary/aromatic N) is 1. The molecule has 1 aromatic heterocycles. The van der Waals surface area contributed by atoms with Gasteiger partial charge in [-0.3, -0.25) is 4.21 Å². The monoisotopic (exact) mass is 351 g/mol. The van der Waals surface area contributed by atoms with Crippen molar-refractivity contribution in [2.45, 2.75) is 31.6 Å². The van der Waals surface area contributed by atoms with Crippen LogP contribution in [0.25, 0.3) is 0 Å². The predicted molar refractivity (Wildman–Crippen MR) is 95.8 cm³/mol. The minimum atomic E-state index is -1.16. The van der Waals surface area contributed by atoms with Crippen LogP contribution in [0.4, 0.5) is 10.5 Å². The first-order valence-corrected chi connectivity index (χ1v) is 9.72. The fraction of sp³-hybridized carbons (Fsp3) is 0.375. The third kappa shape index (κ3) is 4.62. The van der Waals surface area contributed by atoms with Gasteiger partial charge in [-0.1, -0.05) is 19.1 Å². The lowest BCUT2D eigenvalue weighted by Gasteiger charge is -2.14. The van der Waals surface area contributed by atoms with Gasteiger partial charge in [0.1, 0.15) is 0 Å². The zero-order valence-electron chi connectivity index (χ0n) is 13.7. The number of carbonyl (C=O) groups excluding carboxylic acids is 1. The van der Waals surface area contributed by atoms with Gasteiger partial charge < -0.3 is 10.6 Å². The fourth-order valence-corrected chi connectivity index (χ4v) is 3.76. The highest BCUT2D eigenvalue weighted by Crippen LogP contribution is 2.23. The van der Waals surface area contributed by atoms with Crippen LogP contribution in [0.2, 0.25) is 0 Å². The summed E-state index contributed by atoms with van der Waals surface area (Å²) >= 11 is 1.60. The second kappa shape index (κ2) is 7.70. The molecule has 0 saturated carbocycles. The topological polar surface area (TPSA) is 71.1 Å². The predicted octanol–water partition coefficient (Wildman–Crippen LogP) is 3.42. The number of hydrogen-bond acceptors (Lipinski definition) is 4. The zero-order valence-corrected chi connectivity index (χ0v) is 15.3. The van der Waals surface area contributed by atoms with E-state index in [2.05, 4.69) is 15.6 Å². The van der Waals surface area contributed by atoms with E-state index in [0.717, 1.165) is 16.3 Å². The molecule has 2 N–H and O–H groups in total. The van der Waals surface area contributed by atoms with Gasteiger partial charge in [-0.15, -0.1) is 11.3 Å². The number of amides is 2. The summed E-state index contributed by atoms with van der Waals surface area (Å²) in [7, 11) is -1.16. The van der Waals surface area contributed by atoms with Crippen molar-refractivity contribution < 1.29 is 9.00 Å². The van der Waals surface area contributed by atoms with Crippen molar-refractivity contribution in [2.24, 2.45) is 0 Å². The van der Waals surface area contributed by atoms with Crippen LogP contribution in [0, 0.1) is 13.8 Å². The number of aromatic nitrogens is 1. The molecular formula is C16H21N3O2S2. The lowest BCUT2D eigenvalue weighted by molar-refractivity contribution is 0.251. The molecule has 1 aromatic carbocycles. The van der Waals surface area contributed by atoms with Crippen molar-refractivity contribution in [2.75, 3.05) is 18.1 Å². The fourth-order valence-electron chi connectivity index (χ4n) is 2.13. The van der Waals surface area contributed by atoms with Gasteiger partial charge in [0.05, 0.1) is 26.4 Å². The number of benzene rings is 1. The molecule has 0 fully saturated rings. The van der Waals surface area contributed by atoms with Gasteiger partial charge in [-0.05, 0) is 25.5 Å². The Morgan fingerprint density at radius 1 is 1.39 bits per heavy atom. The first-order chi connectivity index (χ1) is 10.9. The Kier molecular flexibility index (Phi) is 5.90. The van der Waals surface area contributed by atoms with Crippen molar-refractivity contribution >= 4 is 33.9 Å². The molecule has 23 heavy (non-hydrogen) atoms. The third-order valence-electron chi connectivity index (χ3n) is 3.41. The van der Waals surface area contributed by atoms with E-state index < -0.39 is 10.8 Å². The molecule has 2 unspecified atom stereocenters. The van der Waals surface area contributed by atoms with Crippen LogP contribution in [0.3, 0.4) is 0 Å². The summed E-state index contributed by atoms with van der Waals surface area (Å²) in [4.78, 5) is 17.2. The number of rotatable bonds is 5. The normalized spacial score (nSPS) is 13.4. The van der Waals surface area contributed by atoms with Crippen LogP contribution < -0.4 is 10.6 Å². The number of aryl methyl sites for hydroxylation is 2. The molecule has 124 valence electrons. The van der Waals surface area contributed by atoms with E-state index in [9.17, 15) is 9.00 Å². The molecule has 2 rings (SSSR count). The number of nitrogens with one attached hydrogen (secondary N) is 2. The summed E-state index contributed by atoms with van der Waals surface area (Å²) < 4.78 is 11.8. The van der Waals surface area contributed by atoms with E-state index >= 15 is 0 Å². The lowest BCUT2D eigenvalue weighted by Crippen LogP contribution is -2.32. The van der Waals surface area contributed by atoms with Gasteiger partial charge in [0.25, 0.3) is 0 Å². The Morgan fingerprint density at radius 3 is 2.74 bits per heavy atom. The van der Waals surface area contributed by atoms with Crippen LogP contribution >= 0.6 is 11.3 Å². The standard InChI is InChI=1S/C16H21N3O2S2/c1-10-6-5-7-13(23(4)21)14(10)19-16(20)17-8-11(2)15-18-12(3)9-22-15/h5-7,9,11H,8H2,1-4H3,(H2,17,19,20). The second-order valence-electron chi connectivity index (χ2n) is 5.47. The highest BCUT2D eigenvalue weighted by molar-refractivity contribution is 7.84. The highest BCUT2D eigenvalue weighted by atomic mass is 32.2. The Bertz CT molecular complexity index is 728. The van der Waals surface area contributed by atoms with Crippen molar-refractivity contribution in [3.8, 4) is 0 Å². The van der Waals surface area contributed by atoms with E-state index in [0.29, 0.717) is 17.1 Å². The molecule has 2 amide bonds. The van der Waals surface area contributed by atoms with Crippen LogP contribution in [-0.4, -0.2) is 28.0 Å². The first-order valence-electron chi connectivity index (χ1n) is 7.28. The molecule has 0 spiro atoms. The average Bonchev–Trinajstić information content (AvgIpc) is 2.93. The van der Waals surface area contributed by atoms with Crippen molar-refractivity contribution in [1.82, 2.24) is 10.3 Å². The summed E-state index contributed by atoms with van der Waals surface area (Å²) in [5.74, 6) is 0.149. The van der Waals surface area contributed by atoms with Gasteiger partial charge >= 0.3 is 6.03 Å². The smallest absolute Gasteiger partial charge is 0.319 e. The largest absolute Gasteiger partial charge is 0.337 e. The van der Waals surface area contributed by atoms with Crippen molar-refractivity contribution in [1.29, 1.82) is 0 Å². The van der Waals surface area contributed by atoms with Crippen LogP contribution in [0.15, 0.2) is 28.5 Å². The maximum atomic E-state index is 12.1. The molecule has 2 atom stereocenters. The van der Waals surface area contributed by atoms with Crippen LogP contribution in [0.5, 0.6) is 0 Å². The molecule has 7 heteroatoms. The second-order valence-corrected chi connectivity index (χ2v) is 7.70. The third-order valence-corrected chi connectivity index (χ3v) is 5.56. The SMILES string of the molecule is Cc1csc(C(C)CNC(=O)Nc2c(C)cccc2S(C)=O)n1. The van der Waals surface area contributed by atoms with Gasteiger partial charge in [-0.2, -0.15) is 0 Å². The quantitative estimate of drug-likeness (QED) is 0.867. The minimum Gasteiger partial charge on any atom is -0.337 e. The van der Waals surface area contributed by atoms with Crippen molar-refractivity contribution in [3.05, 3.63) is 39.8 Å². The number of carbonyl (C=O) groups is 1. The van der Waals surface area contributed by atoms with Crippen molar-refractivity contribution in [3.63, 3.8) is 0 Å². The number of hydrogen-bond donors (Lipinski definition) is 2. The van der Waals surface area contributed by atoms with E-state index in [1.165, 1.54) is 0 Å². The molecule has 0 aliphatic rings. The number of para-hydroxylation sites is 1. The molecule has 5 nitrogen and oxygen atoms in total. The molecule has 0 saturated heterocycles. The Hall–Kier alpha value is -1.73. The van der Waals surface area contributed by atoms with E-state index in [1.54, 1.807) is 23.7 Å². The van der Waals surface area contributed by atoms with Gasteiger partial charge in [-0.25, -0.2) is 9.78 Å². The lowest BCUT2D eigenvalue weighted by atomic mass is 10.2. The maximum absolute atomic E-state index is 12.1. The van der Waals surface area contributed by atoms with E-state index in [4.69, 9.17) is 0 Å². The molecule has 0 bridgehead atoms. The summed E-state index contributed by atoms with van der Waals surface area (Å²) in [6, 6.07) is 5.18. The first kappa shape index (κ1) is 17.6. The molecular weight excluding hydrogens is 330 g/mol. The number of anilines is 1. The average molecular weight is 351 g/mol. The van der Waals surface area contributed by atoms with Gasteiger partial charge in [0.2, 0.25) is 0 Å². The summed E-state index contributed by atoms with van der Waals surface area (Å²) in [6.45, 7) is 6.36. The minimum absolute atomic E-state index is 0.149. The number of thiazole rings is 1. The Labute approximate surface area is 143 Å². The van der Waals surface area contributed by atoms with Gasteiger partial charge in [0, 0.05) is 29.8 Å². The molecule has 0 radical (unpaired) electrons. The summed E-state index contributed by atoms with van der Waals surface area (Å²) in [5, 5.41) is 8.67. The molecule has 0 aliphatic carbocycles. The number of urea groups is 1. The summed E-state index contributed by atoms with van der Waals surface area (Å²) in [5.41, 5.74) is 2.50. The Morgan fingerprint density at radius 2 is 2.13 bits per heavy atom. The van der Waals surface area contributed by atoms with Crippen LogP contribution in [-0.2, 0) is 10.8 Å².